The molecule has 1 saturated heterocycles. The van der Waals surface area contributed by atoms with Gasteiger partial charge in [0.05, 0.1) is 18.1 Å². The summed E-state index contributed by atoms with van der Waals surface area (Å²) in [5, 5.41) is 0. The van der Waals surface area contributed by atoms with E-state index in [-0.39, 0.29) is 5.54 Å². The second-order valence-electron chi connectivity index (χ2n) is 7.69. The van der Waals surface area contributed by atoms with Crippen LogP contribution in [-0.2, 0) is 14.8 Å². The number of nitrogens with zero attached hydrogens (tertiary/aromatic N) is 1. The summed E-state index contributed by atoms with van der Waals surface area (Å²) in [5.41, 5.74) is 4.71. The number of hydrogen-bond acceptors (Lipinski definition) is 4. The Hall–Kier alpha value is -0.950. The van der Waals surface area contributed by atoms with E-state index in [4.69, 9.17) is 4.74 Å². The average molecular weight is 369 g/mol. The first-order valence-corrected chi connectivity index (χ1v) is 10.4. The zero-order chi connectivity index (χ0) is 19.0. The normalized spacial score (nSPS) is 17.1. The molecule has 2 rings (SSSR count). The molecular formula is C19H32N2O3S. The van der Waals surface area contributed by atoms with Gasteiger partial charge < -0.3 is 4.74 Å². The minimum atomic E-state index is -3.56. The highest BCUT2D eigenvalue weighted by molar-refractivity contribution is 7.89. The lowest BCUT2D eigenvalue weighted by Gasteiger charge is -2.40. The van der Waals surface area contributed by atoms with Crippen molar-refractivity contribution in [3.05, 3.63) is 27.8 Å². The Labute approximate surface area is 152 Å². The predicted molar refractivity (Wildman–Crippen MR) is 102 cm³/mol. The molecule has 0 saturated carbocycles. The molecule has 5 nitrogen and oxygen atoms in total. The average Bonchev–Trinajstić information content (AvgIpc) is 2.57. The van der Waals surface area contributed by atoms with E-state index in [1.54, 1.807) is 0 Å². The summed E-state index contributed by atoms with van der Waals surface area (Å²) in [4.78, 5) is 2.72. The molecule has 1 heterocycles. The molecule has 142 valence electrons. The van der Waals surface area contributed by atoms with Crippen LogP contribution in [0.15, 0.2) is 4.90 Å². The van der Waals surface area contributed by atoms with Gasteiger partial charge in [0.25, 0.3) is 0 Å². The van der Waals surface area contributed by atoms with E-state index in [1.807, 2.05) is 27.7 Å². The van der Waals surface area contributed by atoms with Crippen molar-refractivity contribution < 1.29 is 13.2 Å². The Balaban J connectivity index is 2.28. The van der Waals surface area contributed by atoms with Crippen molar-refractivity contribution in [3.63, 3.8) is 0 Å². The number of nitrogens with one attached hydrogen (secondary N) is 1. The van der Waals surface area contributed by atoms with Crippen molar-refractivity contribution in [2.45, 2.75) is 58.9 Å². The van der Waals surface area contributed by atoms with E-state index in [1.165, 1.54) is 5.56 Å². The van der Waals surface area contributed by atoms with Gasteiger partial charge in [0.1, 0.15) is 0 Å². The number of hydrogen-bond donors (Lipinski definition) is 1. The van der Waals surface area contributed by atoms with Gasteiger partial charge in [-0.3, -0.25) is 4.90 Å². The number of rotatable bonds is 5. The third-order valence-electron chi connectivity index (χ3n) is 5.76. The molecule has 6 heteroatoms. The molecule has 0 spiro atoms. The summed E-state index contributed by atoms with van der Waals surface area (Å²) in [6.45, 7) is 17.4. The van der Waals surface area contributed by atoms with Crippen molar-refractivity contribution >= 4 is 10.0 Å². The molecule has 1 aliphatic rings. The summed E-state index contributed by atoms with van der Waals surface area (Å²) in [6.07, 6.45) is 0. The van der Waals surface area contributed by atoms with Crippen LogP contribution in [0.5, 0.6) is 0 Å². The SMILES string of the molecule is Cc1c(C)c(C)c(S(=O)(=O)NCC(C)(C)N2CCOCC2)c(C)c1C. The fourth-order valence-electron chi connectivity index (χ4n) is 3.49. The van der Waals surface area contributed by atoms with Crippen LogP contribution in [0.25, 0.3) is 0 Å². The highest BCUT2D eigenvalue weighted by Gasteiger charge is 2.31. The largest absolute Gasteiger partial charge is 0.379 e. The maximum Gasteiger partial charge on any atom is 0.241 e. The van der Waals surface area contributed by atoms with Crippen LogP contribution < -0.4 is 4.72 Å². The van der Waals surface area contributed by atoms with E-state index < -0.39 is 10.0 Å². The van der Waals surface area contributed by atoms with Gasteiger partial charge in [-0.05, 0) is 76.3 Å². The van der Waals surface area contributed by atoms with Gasteiger partial charge in [-0.25, -0.2) is 13.1 Å². The number of sulfonamides is 1. The molecule has 1 aromatic carbocycles. The minimum Gasteiger partial charge on any atom is -0.379 e. The fourth-order valence-corrected chi connectivity index (χ4v) is 5.29. The first-order chi connectivity index (χ1) is 11.5. The molecule has 0 aliphatic carbocycles. The fraction of sp³-hybridized carbons (Fsp3) is 0.684. The van der Waals surface area contributed by atoms with Crippen LogP contribution in [0.3, 0.4) is 0 Å². The Morgan fingerprint density at radius 2 is 1.36 bits per heavy atom. The standard InChI is InChI=1S/C19H32N2O3S/c1-13-14(2)16(4)18(17(5)15(13)3)25(22,23)20-12-19(6,7)21-8-10-24-11-9-21/h20H,8-12H2,1-7H3. The summed E-state index contributed by atoms with van der Waals surface area (Å²) >= 11 is 0. The minimum absolute atomic E-state index is 0.257. The Bertz CT molecular complexity index is 719. The second-order valence-corrected chi connectivity index (χ2v) is 9.39. The molecule has 0 atom stereocenters. The molecule has 1 N–H and O–H groups in total. The van der Waals surface area contributed by atoms with Gasteiger partial charge in [0, 0.05) is 25.2 Å². The Morgan fingerprint density at radius 3 is 1.84 bits per heavy atom. The third kappa shape index (κ3) is 4.08. The summed E-state index contributed by atoms with van der Waals surface area (Å²) in [6, 6.07) is 0. The topological polar surface area (TPSA) is 58.6 Å². The molecule has 0 radical (unpaired) electrons. The van der Waals surface area contributed by atoms with Crippen molar-refractivity contribution in [1.82, 2.24) is 9.62 Å². The van der Waals surface area contributed by atoms with Crippen LogP contribution >= 0.6 is 0 Å². The molecule has 0 bridgehead atoms. The van der Waals surface area contributed by atoms with E-state index in [0.717, 1.165) is 35.3 Å². The van der Waals surface area contributed by atoms with E-state index >= 15 is 0 Å². The number of ether oxygens (including phenoxy) is 1. The van der Waals surface area contributed by atoms with Crippen LogP contribution in [-0.4, -0.2) is 51.7 Å². The molecule has 0 unspecified atom stereocenters. The van der Waals surface area contributed by atoms with Gasteiger partial charge in [-0.15, -0.1) is 0 Å². The van der Waals surface area contributed by atoms with Gasteiger partial charge >= 0.3 is 0 Å². The third-order valence-corrected chi connectivity index (χ3v) is 7.44. The monoisotopic (exact) mass is 368 g/mol. The lowest BCUT2D eigenvalue weighted by atomic mass is 9.95. The molecule has 25 heavy (non-hydrogen) atoms. The predicted octanol–water partition coefficient (Wildman–Crippen LogP) is 2.62. The van der Waals surface area contributed by atoms with E-state index in [9.17, 15) is 8.42 Å². The molecule has 1 aliphatic heterocycles. The van der Waals surface area contributed by atoms with Crippen LogP contribution in [0, 0.1) is 34.6 Å². The molecule has 1 fully saturated rings. The van der Waals surface area contributed by atoms with Crippen molar-refractivity contribution in [3.8, 4) is 0 Å². The zero-order valence-corrected chi connectivity index (χ0v) is 17.4. The summed E-state index contributed by atoms with van der Waals surface area (Å²) in [5.74, 6) is 0. The van der Waals surface area contributed by atoms with Crippen molar-refractivity contribution in [1.29, 1.82) is 0 Å². The van der Waals surface area contributed by atoms with Crippen LogP contribution in [0.1, 0.15) is 41.7 Å². The van der Waals surface area contributed by atoms with Gasteiger partial charge in [0.2, 0.25) is 10.0 Å². The van der Waals surface area contributed by atoms with Gasteiger partial charge in [0.15, 0.2) is 0 Å². The lowest BCUT2D eigenvalue weighted by molar-refractivity contribution is -0.00803. The maximum atomic E-state index is 13.1. The van der Waals surface area contributed by atoms with Gasteiger partial charge in [-0.1, -0.05) is 0 Å². The molecule has 1 aromatic rings. The quantitative estimate of drug-likeness (QED) is 0.868. The Morgan fingerprint density at radius 1 is 0.920 bits per heavy atom. The molecule has 0 aromatic heterocycles. The molecule has 0 amide bonds. The van der Waals surface area contributed by atoms with E-state index in [0.29, 0.717) is 24.7 Å². The van der Waals surface area contributed by atoms with E-state index in [2.05, 4.69) is 30.4 Å². The van der Waals surface area contributed by atoms with Crippen LogP contribution in [0.2, 0.25) is 0 Å². The Kier molecular flexibility index (Phi) is 5.99. The van der Waals surface area contributed by atoms with Crippen molar-refractivity contribution in [2.75, 3.05) is 32.8 Å². The molecular weight excluding hydrogens is 336 g/mol. The highest BCUT2D eigenvalue weighted by atomic mass is 32.2. The smallest absolute Gasteiger partial charge is 0.241 e. The number of benzene rings is 1. The highest BCUT2D eigenvalue weighted by Crippen LogP contribution is 2.29. The van der Waals surface area contributed by atoms with Crippen molar-refractivity contribution in [2.24, 2.45) is 0 Å². The maximum absolute atomic E-state index is 13.1. The van der Waals surface area contributed by atoms with Gasteiger partial charge in [-0.2, -0.15) is 0 Å². The van der Waals surface area contributed by atoms with Crippen LogP contribution in [0.4, 0.5) is 0 Å². The first kappa shape index (κ1) is 20.4. The zero-order valence-electron chi connectivity index (χ0n) is 16.6. The second kappa shape index (κ2) is 7.35. The summed E-state index contributed by atoms with van der Waals surface area (Å²) in [7, 11) is -3.56. The number of morpholine rings is 1. The summed E-state index contributed by atoms with van der Waals surface area (Å²) < 4.78 is 34.4. The first-order valence-electron chi connectivity index (χ1n) is 8.88. The lowest BCUT2D eigenvalue weighted by Crippen LogP contribution is -2.55.